The summed E-state index contributed by atoms with van der Waals surface area (Å²) in [6.07, 6.45) is 1.02. The molecule has 196 valence electrons. The number of aliphatic carboxylic acids is 1. The highest BCUT2D eigenvalue weighted by Crippen LogP contribution is 2.23. The molecule has 0 radical (unpaired) electrons. The molecular weight excluding hydrogens is 477 g/mol. The maximum Gasteiger partial charge on any atom is 0.305 e. The molecule has 1 aromatic rings. The van der Waals surface area contributed by atoms with Gasteiger partial charge >= 0.3 is 5.97 Å². The lowest BCUT2D eigenvalue weighted by Crippen LogP contribution is -2.34. The number of halogens is 1. The number of hydrogen-bond acceptors (Lipinski definition) is 7. The Hall–Kier alpha value is -2.60. The summed E-state index contributed by atoms with van der Waals surface area (Å²) in [5.74, 6) is -1.84. The zero-order chi connectivity index (χ0) is 27.1. The Labute approximate surface area is 206 Å². The lowest BCUT2D eigenvalue weighted by Gasteiger charge is -2.24. The fourth-order valence-corrected chi connectivity index (χ4v) is 3.76. The molecule has 35 heavy (non-hydrogen) atoms. The fourth-order valence-electron chi connectivity index (χ4n) is 3.16. The van der Waals surface area contributed by atoms with Crippen LogP contribution in [-0.2, 0) is 14.8 Å². The number of aliphatic hydroxyl groups excluding tert-OH is 1. The van der Waals surface area contributed by atoms with Crippen LogP contribution in [0.4, 0.5) is 4.39 Å². The Bertz CT molecular complexity index is 1080. The first-order valence-electron chi connectivity index (χ1n) is 11.0. The molecule has 0 saturated heterocycles. The van der Waals surface area contributed by atoms with Gasteiger partial charge in [0, 0.05) is 30.3 Å². The van der Waals surface area contributed by atoms with E-state index in [2.05, 4.69) is 4.99 Å². The molecule has 0 saturated carbocycles. The van der Waals surface area contributed by atoms with Crippen LogP contribution in [-0.4, -0.2) is 70.9 Å². The summed E-state index contributed by atoms with van der Waals surface area (Å²) in [6, 6.07) is 5.44. The fraction of sp³-hybridized carbons (Fsp3) is 0.500. The molecule has 0 amide bonds. The zero-order valence-electron chi connectivity index (χ0n) is 20.9. The number of carboxylic acids is 1. The maximum atomic E-state index is 13.6. The predicted molar refractivity (Wildman–Crippen MR) is 134 cm³/mol. The topological polar surface area (TPSA) is 154 Å². The van der Waals surface area contributed by atoms with Crippen molar-refractivity contribution < 1.29 is 32.9 Å². The highest BCUT2D eigenvalue weighted by atomic mass is 32.2. The highest BCUT2D eigenvalue weighted by Gasteiger charge is 2.25. The third kappa shape index (κ3) is 9.88. The first kappa shape index (κ1) is 30.4. The second-order valence-corrected chi connectivity index (χ2v) is 11.1. The zero-order valence-corrected chi connectivity index (χ0v) is 21.8. The first-order chi connectivity index (χ1) is 15.9. The molecule has 0 aromatic heterocycles. The van der Waals surface area contributed by atoms with Crippen LogP contribution in [0.15, 0.2) is 52.7 Å². The molecule has 5 N–H and O–H groups in total. The van der Waals surface area contributed by atoms with Gasteiger partial charge < -0.3 is 21.1 Å². The normalized spacial score (nSPS) is 17.4. The van der Waals surface area contributed by atoms with Crippen molar-refractivity contribution in [2.45, 2.75) is 58.4 Å². The Balaban J connectivity index is 3.66. The van der Waals surface area contributed by atoms with Crippen molar-refractivity contribution in [2.24, 2.45) is 16.6 Å². The van der Waals surface area contributed by atoms with Crippen LogP contribution < -0.4 is 5.73 Å². The van der Waals surface area contributed by atoms with Crippen molar-refractivity contribution in [3.63, 3.8) is 0 Å². The number of nitrogens with two attached hydrogens (primary N) is 1. The summed E-state index contributed by atoms with van der Waals surface area (Å²) in [5.41, 5.74) is 6.29. The Morgan fingerprint density at radius 1 is 1.26 bits per heavy atom. The summed E-state index contributed by atoms with van der Waals surface area (Å²) in [6.45, 7) is 6.67. The monoisotopic (exact) mass is 513 g/mol. The molecule has 0 spiro atoms. The summed E-state index contributed by atoms with van der Waals surface area (Å²) < 4.78 is 38.8. The molecule has 0 heterocycles. The molecule has 0 aliphatic heterocycles. The number of allylic oxidation sites excluding steroid dienone is 3. The Morgan fingerprint density at radius 3 is 2.26 bits per heavy atom. The van der Waals surface area contributed by atoms with Gasteiger partial charge in [-0.25, -0.2) is 12.8 Å². The number of rotatable bonds is 12. The van der Waals surface area contributed by atoms with Crippen LogP contribution in [0.5, 0.6) is 0 Å². The smallest absolute Gasteiger partial charge is 0.305 e. The van der Waals surface area contributed by atoms with Gasteiger partial charge in [0.2, 0.25) is 10.0 Å². The lowest BCUT2D eigenvalue weighted by molar-refractivity contribution is -0.139. The van der Waals surface area contributed by atoms with Gasteiger partial charge in [-0.3, -0.25) is 9.79 Å². The predicted octanol–water partition coefficient (Wildman–Crippen LogP) is 2.25. The number of nitrogens with zero attached hydrogens (tertiary/aromatic N) is 2. The van der Waals surface area contributed by atoms with E-state index in [-0.39, 0.29) is 18.1 Å². The summed E-state index contributed by atoms with van der Waals surface area (Å²) in [5, 5.41) is 29.6. The molecule has 0 aliphatic rings. The van der Waals surface area contributed by atoms with Gasteiger partial charge in [-0.05, 0) is 44.0 Å². The van der Waals surface area contributed by atoms with Crippen molar-refractivity contribution in [3.05, 3.63) is 59.1 Å². The van der Waals surface area contributed by atoms with E-state index in [1.165, 1.54) is 50.4 Å². The molecule has 3 atom stereocenters. The van der Waals surface area contributed by atoms with Crippen molar-refractivity contribution in [3.8, 4) is 0 Å². The maximum absolute atomic E-state index is 13.6. The Morgan fingerprint density at radius 2 is 1.80 bits per heavy atom. The molecule has 0 fully saturated rings. The van der Waals surface area contributed by atoms with Gasteiger partial charge in [-0.2, -0.15) is 4.31 Å². The molecule has 11 heteroatoms. The summed E-state index contributed by atoms with van der Waals surface area (Å²) in [4.78, 5) is 15.4. The van der Waals surface area contributed by atoms with E-state index >= 15 is 0 Å². The van der Waals surface area contributed by atoms with Crippen LogP contribution >= 0.6 is 0 Å². The standard InChI is InChI=1S/C24H36FN3O6S/c1-15(2)22(26)20(11-12-24(4,32)14-19(29)13-21(30)31)23(17-7-9-18(25)10-8-17)27-16(3)28(5)35(6,33)34/h7-12,15-16,19,29,32H,13-14,26H2,1-6H3,(H,30,31)/b12-11+,22-20-,27-23-/t16?,19-,24-/m0/s1. The number of benzene rings is 1. The van der Waals surface area contributed by atoms with E-state index in [4.69, 9.17) is 10.8 Å². The van der Waals surface area contributed by atoms with E-state index in [9.17, 15) is 27.8 Å². The molecule has 9 nitrogen and oxygen atoms in total. The van der Waals surface area contributed by atoms with Gasteiger partial charge in [-0.15, -0.1) is 0 Å². The van der Waals surface area contributed by atoms with Gasteiger partial charge in [-0.1, -0.05) is 26.0 Å². The second-order valence-electron chi connectivity index (χ2n) is 9.07. The van der Waals surface area contributed by atoms with Gasteiger partial charge in [0.25, 0.3) is 0 Å². The molecule has 1 aromatic carbocycles. The van der Waals surface area contributed by atoms with E-state index in [1.54, 1.807) is 6.92 Å². The molecule has 1 unspecified atom stereocenters. The van der Waals surface area contributed by atoms with Crippen LogP contribution in [0.3, 0.4) is 0 Å². The number of carboxylic acid groups (broad SMARTS) is 1. The van der Waals surface area contributed by atoms with Crippen LogP contribution in [0.1, 0.15) is 46.1 Å². The molecular formula is C24H36FN3O6S. The molecule has 0 aliphatic carbocycles. The number of aliphatic hydroxyl groups is 2. The summed E-state index contributed by atoms with van der Waals surface area (Å²) >= 11 is 0. The van der Waals surface area contributed by atoms with Crippen molar-refractivity contribution in [2.75, 3.05) is 13.3 Å². The minimum absolute atomic E-state index is 0.175. The average Bonchev–Trinajstić information content (AvgIpc) is 2.70. The van der Waals surface area contributed by atoms with Crippen molar-refractivity contribution >= 4 is 21.7 Å². The van der Waals surface area contributed by atoms with E-state index in [1.807, 2.05) is 13.8 Å². The number of hydrogen-bond donors (Lipinski definition) is 4. The second kappa shape index (κ2) is 12.4. The van der Waals surface area contributed by atoms with E-state index in [0.717, 1.165) is 10.6 Å². The number of carbonyl (C=O) groups is 1. The van der Waals surface area contributed by atoms with E-state index < -0.39 is 46.1 Å². The molecule has 0 bridgehead atoms. The van der Waals surface area contributed by atoms with Gasteiger partial charge in [0.1, 0.15) is 12.0 Å². The van der Waals surface area contributed by atoms with Crippen LogP contribution in [0.2, 0.25) is 0 Å². The van der Waals surface area contributed by atoms with Crippen LogP contribution in [0.25, 0.3) is 0 Å². The SMILES string of the molecule is CC(C)/C(N)=C(\C=C\[C@](C)(O)C[C@@H](O)CC(=O)O)C(=N\C(C)N(C)S(C)(=O)=O)/c1ccc(F)cc1. The largest absolute Gasteiger partial charge is 0.481 e. The highest BCUT2D eigenvalue weighted by molar-refractivity contribution is 7.88. The van der Waals surface area contributed by atoms with Gasteiger partial charge in [0.05, 0.1) is 30.1 Å². The van der Waals surface area contributed by atoms with E-state index in [0.29, 0.717) is 16.8 Å². The number of aliphatic imine (C=N–C) groups is 1. The quantitative estimate of drug-likeness (QED) is 0.247. The minimum Gasteiger partial charge on any atom is -0.481 e. The average molecular weight is 514 g/mol. The van der Waals surface area contributed by atoms with Crippen molar-refractivity contribution in [1.29, 1.82) is 0 Å². The van der Waals surface area contributed by atoms with Crippen LogP contribution in [0, 0.1) is 11.7 Å². The minimum atomic E-state index is -3.57. The lowest BCUT2D eigenvalue weighted by atomic mass is 9.91. The Kier molecular flexibility index (Phi) is 10.8. The third-order valence-electron chi connectivity index (χ3n) is 5.34. The third-order valence-corrected chi connectivity index (χ3v) is 6.69. The summed E-state index contributed by atoms with van der Waals surface area (Å²) in [7, 11) is -2.19. The number of sulfonamides is 1. The molecule has 1 rings (SSSR count). The van der Waals surface area contributed by atoms with Gasteiger partial charge in [0.15, 0.2) is 0 Å². The van der Waals surface area contributed by atoms with Crippen molar-refractivity contribution in [1.82, 2.24) is 4.31 Å². The first-order valence-corrected chi connectivity index (χ1v) is 12.9.